The molecule has 0 saturated carbocycles. The smallest absolute Gasteiger partial charge is 0.252 e. The van der Waals surface area contributed by atoms with Gasteiger partial charge in [-0.3, -0.25) is 9.48 Å². The molecule has 0 aliphatic heterocycles. The van der Waals surface area contributed by atoms with Gasteiger partial charge in [0.2, 0.25) is 0 Å². The Hall–Kier alpha value is -2.08. The van der Waals surface area contributed by atoms with E-state index in [1.807, 2.05) is 13.1 Å². The Morgan fingerprint density at radius 3 is 2.90 bits per heavy atom. The number of halogens is 1. The quantitative estimate of drug-likeness (QED) is 0.876. The standard InChI is InChI=1S/C13H16ClN5O/c1-15-12-11(14)7-9(8-17-12)13(20)16-5-3-10-4-6-18-19(10)2/h4,6-8H,3,5H2,1-2H3,(H,15,17)(H,16,20). The van der Waals surface area contributed by atoms with Crippen molar-refractivity contribution in [2.24, 2.45) is 7.05 Å². The number of nitrogens with zero attached hydrogens (tertiary/aromatic N) is 3. The molecule has 2 aromatic rings. The van der Waals surface area contributed by atoms with Crippen LogP contribution in [0, 0.1) is 0 Å². The second-order valence-electron chi connectivity index (χ2n) is 4.26. The molecule has 0 unspecified atom stereocenters. The normalized spacial score (nSPS) is 10.3. The lowest BCUT2D eigenvalue weighted by molar-refractivity contribution is 0.0953. The van der Waals surface area contributed by atoms with E-state index >= 15 is 0 Å². The van der Waals surface area contributed by atoms with Crippen LogP contribution in [0.3, 0.4) is 0 Å². The van der Waals surface area contributed by atoms with Gasteiger partial charge in [-0.15, -0.1) is 0 Å². The maximum absolute atomic E-state index is 12.0. The van der Waals surface area contributed by atoms with Gasteiger partial charge in [0.05, 0.1) is 10.6 Å². The third-order valence-electron chi connectivity index (χ3n) is 2.93. The van der Waals surface area contributed by atoms with Crippen LogP contribution in [-0.2, 0) is 13.5 Å². The summed E-state index contributed by atoms with van der Waals surface area (Å²) in [5.74, 6) is 0.363. The molecule has 20 heavy (non-hydrogen) atoms. The lowest BCUT2D eigenvalue weighted by atomic mass is 10.2. The van der Waals surface area contributed by atoms with Gasteiger partial charge in [0, 0.05) is 45.1 Å². The van der Waals surface area contributed by atoms with Gasteiger partial charge in [-0.1, -0.05) is 11.6 Å². The molecule has 0 atom stereocenters. The van der Waals surface area contributed by atoms with Gasteiger partial charge >= 0.3 is 0 Å². The summed E-state index contributed by atoms with van der Waals surface area (Å²) in [6.07, 6.45) is 3.95. The van der Waals surface area contributed by atoms with E-state index in [1.54, 1.807) is 24.0 Å². The molecule has 7 heteroatoms. The number of aromatic nitrogens is 3. The summed E-state index contributed by atoms with van der Waals surface area (Å²) in [6, 6.07) is 3.52. The maximum Gasteiger partial charge on any atom is 0.252 e. The van der Waals surface area contributed by atoms with Crippen molar-refractivity contribution in [3.8, 4) is 0 Å². The second kappa shape index (κ2) is 6.38. The van der Waals surface area contributed by atoms with Gasteiger partial charge in [-0.25, -0.2) is 4.98 Å². The fourth-order valence-electron chi connectivity index (χ4n) is 1.80. The van der Waals surface area contributed by atoms with Crippen LogP contribution in [0.25, 0.3) is 0 Å². The highest BCUT2D eigenvalue weighted by Crippen LogP contribution is 2.19. The Balaban J connectivity index is 1.92. The first-order chi connectivity index (χ1) is 9.61. The van der Waals surface area contributed by atoms with Crippen LogP contribution in [-0.4, -0.2) is 34.3 Å². The van der Waals surface area contributed by atoms with E-state index in [-0.39, 0.29) is 5.91 Å². The topological polar surface area (TPSA) is 71.8 Å². The van der Waals surface area contributed by atoms with Gasteiger partial charge in [0.15, 0.2) is 0 Å². The van der Waals surface area contributed by atoms with E-state index < -0.39 is 0 Å². The summed E-state index contributed by atoms with van der Waals surface area (Å²) in [5, 5.41) is 10.2. The Labute approximate surface area is 122 Å². The van der Waals surface area contributed by atoms with Crippen LogP contribution >= 0.6 is 11.6 Å². The van der Waals surface area contributed by atoms with Crippen molar-refractivity contribution < 1.29 is 4.79 Å². The van der Waals surface area contributed by atoms with Gasteiger partial charge in [0.25, 0.3) is 5.91 Å². The van der Waals surface area contributed by atoms with Crippen LogP contribution < -0.4 is 10.6 Å². The molecule has 0 aromatic carbocycles. The first-order valence-corrected chi connectivity index (χ1v) is 6.58. The van der Waals surface area contributed by atoms with E-state index in [1.165, 1.54) is 6.20 Å². The highest BCUT2D eigenvalue weighted by atomic mass is 35.5. The van der Waals surface area contributed by atoms with Crippen molar-refractivity contribution in [3.63, 3.8) is 0 Å². The largest absolute Gasteiger partial charge is 0.372 e. The first kappa shape index (κ1) is 14.3. The zero-order valence-electron chi connectivity index (χ0n) is 11.4. The number of carbonyl (C=O) groups excluding carboxylic acids is 1. The lowest BCUT2D eigenvalue weighted by Crippen LogP contribution is -2.26. The molecule has 2 rings (SSSR count). The Bertz CT molecular complexity index is 611. The van der Waals surface area contributed by atoms with Crippen molar-refractivity contribution in [2.45, 2.75) is 6.42 Å². The summed E-state index contributed by atoms with van der Waals surface area (Å²) in [7, 11) is 3.60. The predicted molar refractivity (Wildman–Crippen MR) is 78.0 cm³/mol. The molecule has 0 aliphatic carbocycles. The van der Waals surface area contributed by atoms with Gasteiger partial charge in [0.1, 0.15) is 5.82 Å². The minimum atomic E-state index is -0.191. The van der Waals surface area contributed by atoms with Gasteiger partial charge in [-0.2, -0.15) is 5.10 Å². The molecule has 0 saturated heterocycles. The van der Waals surface area contributed by atoms with Crippen molar-refractivity contribution in [1.82, 2.24) is 20.1 Å². The molecule has 6 nitrogen and oxygen atoms in total. The van der Waals surface area contributed by atoms with Crippen molar-refractivity contribution in [1.29, 1.82) is 0 Å². The van der Waals surface area contributed by atoms with Crippen LogP contribution in [0.4, 0.5) is 5.82 Å². The molecule has 0 spiro atoms. The fourth-order valence-corrected chi connectivity index (χ4v) is 2.06. The van der Waals surface area contributed by atoms with Gasteiger partial charge in [-0.05, 0) is 12.1 Å². The molecule has 0 aliphatic rings. The van der Waals surface area contributed by atoms with Crippen LogP contribution in [0.1, 0.15) is 16.1 Å². The third kappa shape index (κ3) is 3.27. The highest BCUT2D eigenvalue weighted by Gasteiger charge is 2.09. The Kier molecular flexibility index (Phi) is 4.57. The first-order valence-electron chi connectivity index (χ1n) is 6.20. The minimum Gasteiger partial charge on any atom is -0.372 e. The van der Waals surface area contributed by atoms with Crippen molar-refractivity contribution in [3.05, 3.63) is 40.8 Å². The van der Waals surface area contributed by atoms with Crippen molar-refractivity contribution in [2.75, 3.05) is 18.9 Å². The van der Waals surface area contributed by atoms with Crippen molar-refractivity contribution >= 4 is 23.3 Å². The SMILES string of the molecule is CNc1ncc(C(=O)NCCc2ccnn2C)cc1Cl. The summed E-state index contributed by atoms with van der Waals surface area (Å²) >= 11 is 5.99. The number of nitrogens with one attached hydrogen (secondary N) is 2. The molecular formula is C13H16ClN5O. The third-order valence-corrected chi connectivity index (χ3v) is 3.22. The molecule has 0 bridgehead atoms. The molecule has 0 fully saturated rings. The number of carbonyl (C=O) groups is 1. The zero-order chi connectivity index (χ0) is 14.5. The average molecular weight is 294 g/mol. The number of aryl methyl sites for hydroxylation is 1. The molecule has 0 radical (unpaired) electrons. The van der Waals surface area contributed by atoms with E-state index in [2.05, 4.69) is 20.7 Å². The maximum atomic E-state index is 12.0. The number of hydrogen-bond donors (Lipinski definition) is 2. The minimum absolute atomic E-state index is 0.191. The Morgan fingerprint density at radius 1 is 1.50 bits per heavy atom. The van der Waals surface area contributed by atoms with E-state index in [9.17, 15) is 4.79 Å². The number of amides is 1. The number of pyridine rings is 1. The molecule has 2 N–H and O–H groups in total. The van der Waals surface area contributed by atoms with E-state index in [0.717, 1.165) is 12.1 Å². The zero-order valence-corrected chi connectivity index (χ0v) is 12.1. The average Bonchev–Trinajstić information content (AvgIpc) is 2.84. The fraction of sp³-hybridized carbons (Fsp3) is 0.308. The monoisotopic (exact) mass is 293 g/mol. The second-order valence-corrected chi connectivity index (χ2v) is 4.66. The summed E-state index contributed by atoms with van der Waals surface area (Å²) in [5.41, 5.74) is 1.51. The highest BCUT2D eigenvalue weighted by molar-refractivity contribution is 6.33. The van der Waals surface area contributed by atoms with E-state index in [4.69, 9.17) is 11.6 Å². The summed E-state index contributed by atoms with van der Waals surface area (Å²) < 4.78 is 1.78. The molecule has 106 valence electrons. The molecular weight excluding hydrogens is 278 g/mol. The summed E-state index contributed by atoms with van der Waals surface area (Å²) in [4.78, 5) is 16.0. The summed E-state index contributed by atoms with van der Waals surface area (Å²) in [6.45, 7) is 0.532. The predicted octanol–water partition coefficient (Wildman–Crippen LogP) is 1.48. The van der Waals surface area contributed by atoms with Gasteiger partial charge < -0.3 is 10.6 Å². The van der Waals surface area contributed by atoms with E-state index in [0.29, 0.717) is 22.9 Å². The molecule has 2 heterocycles. The molecule has 2 aromatic heterocycles. The van der Waals surface area contributed by atoms with Crippen LogP contribution in [0.2, 0.25) is 5.02 Å². The van der Waals surface area contributed by atoms with Crippen LogP contribution in [0.15, 0.2) is 24.5 Å². The number of hydrogen-bond acceptors (Lipinski definition) is 4. The lowest BCUT2D eigenvalue weighted by Gasteiger charge is -2.07. The number of anilines is 1. The Morgan fingerprint density at radius 2 is 2.30 bits per heavy atom. The number of rotatable bonds is 5. The van der Waals surface area contributed by atoms with Crippen LogP contribution in [0.5, 0.6) is 0 Å². The molecule has 1 amide bonds.